The van der Waals surface area contributed by atoms with Gasteiger partial charge in [0.05, 0.1) is 17.1 Å². The van der Waals surface area contributed by atoms with Crippen LogP contribution in [0.15, 0.2) is 23.1 Å². The molecule has 0 spiro atoms. The third-order valence-corrected chi connectivity index (χ3v) is 4.25. The molecule has 0 aromatic heterocycles. The van der Waals surface area contributed by atoms with Crippen molar-refractivity contribution >= 4 is 15.7 Å². The highest BCUT2D eigenvalue weighted by molar-refractivity contribution is 7.89. The van der Waals surface area contributed by atoms with Crippen LogP contribution < -0.4 is 20.5 Å². The Morgan fingerprint density at radius 1 is 1.47 bits per heavy atom. The number of nitrogens with two attached hydrogens (primary N) is 1. The zero-order chi connectivity index (χ0) is 14.1. The van der Waals surface area contributed by atoms with Crippen LogP contribution >= 0.6 is 0 Å². The smallest absolute Gasteiger partial charge is 0.240 e. The second kappa shape index (κ2) is 4.99. The standard InChI is InChI=1S/C12H19N3O3S/c1-12(2)8-14-10-7-9(3-4-11(10)18-12)19(16,17)15-6-5-13/h3-4,7,14-15H,5-6,8,13H2,1-2H3. The van der Waals surface area contributed by atoms with Gasteiger partial charge < -0.3 is 15.8 Å². The van der Waals surface area contributed by atoms with Gasteiger partial charge in [-0.2, -0.15) is 0 Å². The van der Waals surface area contributed by atoms with E-state index in [9.17, 15) is 8.42 Å². The molecule has 0 unspecified atom stereocenters. The number of fused-ring (bicyclic) bond motifs is 1. The number of hydrogen-bond donors (Lipinski definition) is 3. The molecule has 106 valence electrons. The Balaban J connectivity index is 2.28. The molecule has 0 aliphatic carbocycles. The molecule has 1 aliphatic rings. The molecule has 2 rings (SSSR count). The van der Waals surface area contributed by atoms with Gasteiger partial charge in [0.2, 0.25) is 10.0 Å². The molecule has 0 saturated carbocycles. The molecule has 1 aromatic carbocycles. The zero-order valence-electron chi connectivity index (χ0n) is 11.1. The Morgan fingerprint density at radius 3 is 2.89 bits per heavy atom. The van der Waals surface area contributed by atoms with Crippen LogP contribution in [0.4, 0.5) is 5.69 Å². The summed E-state index contributed by atoms with van der Waals surface area (Å²) in [7, 11) is -3.51. The Kier molecular flexibility index (Phi) is 3.71. The average Bonchev–Trinajstić information content (AvgIpc) is 2.34. The van der Waals surface area contributed by atoms with Crippen molar-refractivity contribution < 1.29 is 13.2 Å². The predicted octanol–water partition coefficient (Wildman–Crippen LogP) is 0.507. The molecule has 0 radical (unpaired) electrons. The zero-order valence-corrected chi connectivity index (χ0v) is 11.9. The van der Waals surface area contributed by atoms with Crippen LogP contribution in [-0.2, 0) is 10.0 Å². The van der Waals surface area contributed by atoms with Crippen molar-refractivity contribution in [3.05, 3.63) is 18.2 Å². The summed E-state index contributed by atoms with van der Waals surface area (Å²) in [5.41, 5.74) is 5.68. The number of rotatable bonds is 4. The van der Waals surface area contributed by atoms with E-state index in [1.165, 1.54) is 6.07 Å². The van der Waals surface area contributed by atoms with E-state index >= 15 is 0 Å². The van der Waals surface area contributed by atoms with Gasteiger partial charge in [-0.05, 0) is 32.0 Å². The maximum atomic E-state index is 12.0. The van der Waals surface area contributed by atoms with Crippen LogP contribution in [0.1, 0.15) is 13.8 Å². The Bertz CT molecular complexity index is 570. The number of sulfonamides is 1. The first-order valence-electron chi connectivity index (χ1n) is 6.11. The molecule has 6 nitrogen and oxygen atoms in total. The Labute approximate surface area is 113 Å². The van der Waals surface area contributed by atoms with Gasteiger partial charge in [0.1, 0.15) is 11.4 Å². The number of ether oxygens (including phenoxy) is 1. The minimum absolute atomic E-state index is 0.204. The molecule has 0 fully saturated rings. The van der Waals surface area contributed by atoms with E-state index in [-0.39, 0.29) is 23.6 Å². The normalized spacial score (nSPS) is 17.2. The molecular formula is C12H19N3O3S. The minimum Gasteiger partial charge on any atom is -0.484 e. The molecule has 7 heteroatoms. The van der Waals surface area contributed by atoms with Gasteiger partial charge in [-0.15, -0.1) is 0 Å². The number of nitrogens with one attached hydrogen (secondary N) is 2. The summed E-state index contributed by atoms with van der Waals surface area (Å²) >= 11 is 0. The van der Waals surface area contributed by atoms with E-state index in [1.807, 2.05) is 13.8 Å². The van der Waals surface area contributed by atoms with Gasteiger partial charge in [-0.1, -0.05) is 0 Å². The first-order chi connectivity index (χ1) is 8.84. The Hall–Kier alpha value is -1.31. The van der Waals surface area contributed by atoms with Crippen molar-refractivity contribution in [3.63, 3.8) is 0 Å². The van der Waals surface area contributed by atoms with Crippen LogP contribution in [0.25, 0.3) is 0 Å². The summed E-state index contributed by atoms with van der Waals surface area (Å²) in [5.74, 6) is 0.661. The fourth-order valence-electron chi connectivity index (χ4n) is 1.82. The highest BCUT2D eigenvalue weighted by atomic mass is 32.2. The molecule has 1 aromatic rings. The lowest BCUT2D eigenvalue weighted by Gasteiger charge is -2.33. The van der Waals surface area contributed by atoms with Crippen molar-refractivity contribution in [3.8, 4) is 5.75 Å². The van der Waals surface area contributed by atoms with Crippen LogP contribution in [0.2, 0.25) is 0 Å². The summed E-state index contributed by atoms with van der Waals surface area (Å²) in [6.45, 7) is 5.04. The van der Waals surface area contributed by atoms with Crippen LogP contribution in [-0.4, -0.2) is 33.7 Å². The predicted molar refractivity (Wildman–Crippen MR) is 73.9 cm³/mol. The SMILES string of the molecule is CC1(C)CNc2cc(S(=O)(=O)NCCN)ccc2O1. The number of benzene rings is 1. The summed E-state index contributed by atoms with van der Waals surface area (Å²) in [4.78, 5) is 0.204. The second-order valence-electron chi connectivity index (χ2n) is 5.06. The fraction of sp³-hybridized carbons (Fsp3) is 0.500. The molecule has 0 amide bonds. The lowest BCUT2D eigenvalue weighted by Crippen LogP contribution is -2.40. The van der Waals surface area contributed by atoms with Crippen molar-refractivity contribution in [2.75, 3.05) is 25.0 Å². The van der Waals surface area contributed by atoms with Crippen LogP contribution in [0.5, 0.6) is 5.75 Å². The van der Waals surface area contributed by atoms with E-state index in [4.69, 9.17) is 10.5 Å². The van der Waals surface area contributed by atoms with Crippen molar-refractivity contribution in [2.45, 2.75) is 24.3 Å². The van der Waals surface area contributed by atoms with Gasteiger partial charge in [0, 0.05) is 13.1 Å². The molecule has 19 heavy (non-hydrogen) atoms. The van der Waals surface area contributed by atoms with E-state index < -0.39 is 10.0 Å². The molecule has 0 saturated heterocycles. The van der Waals surface area contributed by atoms with E-state index in [0.29, 0.717) is 18.0 Å². The van der Waals surface area contributed by atoms with Gasteiger partial charge in [-0.25, -0.2) is 13.1 Å². The molecular weight excluding hydrogens is 266 g/mol. The summed E-state index contributed by atoms with van der Waals surface area (Å²) in [5, 5.41) is 3.18. The molecule has 0 atom stereocenters. The largest absolute Gasteiger partial charge is 0.484 e. The number of anilines is 1. The van der Waals surface area contributed by atoms with Crippen molar-refractivity contribution in [1.29, 1.82) is 0 Å². The van der Waals surface area contributed by atoms with Crippen LogP contribution in [0, 0.1) is 0 Å². The van der Waals surface area contributed by atoms with Crippen molar-refractivity contribution in [2.24, 2.45) is 5.73 Å². The van der Waals surface area contributed by atoms with Crippen LogP contribution in [0.3, 0.4) is 0 Å². The third kappa shape index (κ3) is 3.17. The lowest BCUT2D eigenvalue weighted by molar-refractivity contribution is 0.116. The fourth-order valence-corrected chi connectivity index (χ4v) is 2.90. The first-order valence-corrected chi connectivity index (χ1v) is 7.59. The van der Waals surface area contributed by atoms with E-state index in [1.54, 1.807) is 12.1 Å². The highest BCUT2D eigenvalue weighted by Crippen LogP contribution is 2.34. The highest BCUT2D eigenvalue weighted by Gasteiger charge is 2.27. The third-order valence-electron chi connectivity index (χ3n) is 2.79. The molecule has 0 bridgehead atoms. The van der Waals surface area contributed by atoms with Gasteiger partial charge in [0.25, 0.3) is 0 Å². The summed E-state index contributed by atoms with van der Waals surface area (Å²) < 4.78 is 32.1. The van der Waals surface area contributed by atoms with Gasteiger partial charge >= 0.3 is 0 Å². The molecule has 4 N–H and O–H groups in total. The number of hydrogen-bond acceptors (Lipinski definition) is 5. The topological polar surface area (TPSA) is 93.5 Å². The lowest BCUT2D eigenvalue weighted by atomic mass is 10.1. The molecule has 1 aliphatic heterocycles. The minimum atomic E-state index is -3.51. The van der Waals surface area contributed by atoms with Crippen molar-refractivity contribution in [1.82, 2.24) is 4.72 Å². The average molecular weight is 285 g/mol. The quantitative estimate of drug-likeness (QED) is 0.749. The van der Waals surface area contributed by atoms with E-state index in [2.05, 4.69) is 10.0 Å². The van der Waals surface area contributed by atoms with Gasteiger partial charge in [0.15, 0.2) is 0 Å². The second-order valence-corrected chi connectivity index (χ2v) is 6.83. The first kappa shape index (κ1) is 14.1. The van der Waals surface area contributed by atoms with Gasteiger partial charge in [-0.3, -0.25) is 0 Å². The van der Waals surface area contributed by atoms with E-state index in [0.717, 1.165) is 0 Å². The monoisotopic (exact) mass is 285 g/mol. The summed E-state index contributed by atoms with van der Waals surface area (Å²) in [6, 6.07) is 4.77. The molecule has 1 heterocycles. The maximum Gasteiger partial charge on any atom is 0.240 e. The Morgan fingerprint density at radius 2 is 2.21 bits per heavy atom. The maximum absolute atomic E-state index is 12.0. The summed E-state index contributed by atoms with van der Waals surface area (Å²) in [6.07, 6.45) is 0.